The maximum Gasteiger partial charge on any atom is 0.322 e. The highest BCUT2D eigenvalue weighted by Gasteiger charge is 2.20. The molecule has 3 aromatic rings. The average Bonchev–Trinajstić information content (AvgIpc) is 2.75. The molecule has 5 nitrogen and oxygen atoms in total. The maximum atomic E-state index is 13.6. The molecule has 3 aromatic carbocycles. The SMILES string of the molecule is O=C(Nc1ccccc1Cl)N(Cc1cc(Cl)cc(Cl)c1)CC(O)COc1ccc(Cl)c(F)c1. The molecule has 0 bridgehead atoms. The van der Waals surface area contributed by atoms with Crippen LogP contribution >= 0.6 is 46.4 Å². The number of amides is 2. The van der Waals surface area contributed by atoms with E-state index in [9.17, 15) is 14.3 Å². The molecule has 0 saturated heterocycles. The number of hydrogen-bond acceptors (Lipinski definition) is 3. The van der Waals surface area contributed by atoms with Crippen LogP contribution in [0.25, 0.3) is 0 Å². The lowest BCUT2D eigenvalue weighted by Crippen LogP contribution is -2.41. The lowest BCUT2D eigenvalue weighted by atomic mass is 10.2. The van der Waals surface area contributed by atoms with Gasteiger partial charge in [0.1, 0.15) is 24.3 Å². The number of rotatable bonds is 8. The summed E-state index contributed by atoms with van der Waals surface area (Å²) in [5.74, 6) is -0.438. The summed E-state index contributed by atoms with van der Waals surface area (Å²) in [5, 5.41) is 14.4. The third-order valence-corrected chi connectivity index (χ3v) is 5.54. The van der Waals surface area contributed by atoms with Gasteiger partial charge in [-0.05, 0) is 48.0 Å². The Morgan fingerprint density at radius 3 is 2.36 bits per heavy atom. The van der Waals surface area contributed by atoms with E-state index in [4.69, 9.17) is 51.1 Å². The fraction of sp³-hybridized carbons (Fsp3) is 0.174. The zero-order valence-electron chi connectivity index (χ0n) is 17.1. The minimum absolute atomic E-state index is 0.0366. The summed E-state index contributed by atoms with van der Waals surface area (Å²) in [4.78, 5) is 14.4. The smallest absolute Gasteiger partial charge is 0.322 e. The summed E-state index contributed by atoms with van der Waals surface area (Å²) in [7, 11) is 0. The van der Waals surface area contributed by atoms with Crippen molar-refractivity contribution in [1.29, 1.82) is 0 Å². The molecule has 0 aromatic heterocycles. The van der Waals surface area contributed by atoms with Crippen LogP contribution < -0.4 is 10.1 Å². The van der Waals surface area contributed by atoms with Crippen LogP contribution in [0.5, 0.6) is 5.75 Å². The first kappa shape index (κ1) is 25.4. The van der Waals surface area contributed by atoms with Gasteiger partial charge in [0, 0.05) is 22.7 Å². The van der Waals surface area contributed by atoms with Crippen molar-refractivity contribution in [1.82, 2.24) is 4.90 Å². The van der Waals surface area contributed by atoms with Crippen molar-refractivity contribution in [2.75, 3.05) is 18.5 Å². The van der Waals surface area contributed by atoms with Gasteiger partial charge in [-0.25, -0.2) is 9.18 Å². The largest absolute Gasteiger partial charge is 0.491 e. The van der Waals surface area contributed by atoms with Gasteiger partial charge in [-0.1, -0.05) is 58.5 Å². The van der Waals surface area contributed by atoms with Gasteiger partial charge in [0.2, 0.25) is 0 Å². The third kappa shape index (κ3) is 7.66. The summed E-state index contributed by atoms with van der Waals surface area (Å²) in [5.41, 5.74) is 1.08. The number of carbonyl (C=O) groups is 1. The second-order valence-corrected chi connectivity index (χ2v) is 8.80. The molecule has 174 valence electrons. The molecule has 3 rings (SSSR count). The molecule has 10 heteroatoms. The van der Waals surface area contributed by atoms with Crippen molar-refractivity contribution in [3.63, 3.8) is 0 Å². The zero-order valence-corrected chi connectivity index (χ0v) is 20.1. The number of ether oxygens (including phenoxy) is 1. The minimum atomic E-state index is -1.09. The second kappa shape index (κ2) is 11.8. The predicted octanol–water partition coefficient (Wildman–Crippen LogP) is 6.91. The van der Waals surface area contributed by atoms with Crippen molar-refractivity contribution >= 4 is 58.1 Å². The fourth-order valence-corrected chi connectivity index (χ4v) is 3.84. The number of hydrogen-bond donors (Lipinski definition) is 2. The van der Waals surface area contributed by atoms with Gasteiger partial charge in [-0.2, -0.15) is 0 Å². The summed E-state index contributed by atoms with van der Waals surface area (Å²) in [6.07, 6.45) is -1.09. The topological polar surface area (TPSA) is 61.8 Å². The number of anilines is 1. The standard InChI is InChI=1S/C23H19Cl4FN2O3/c24-15-7-14(8-16(25)9-15)11-30(23(32)29-22-4-2-1-3-20(22)27)12-17(31)13-33-18-5-6-19(26)21(28)10-18/h1-10,17,31H,11-13H2,(H,29,32). The van der Waals surface area contributed by atoms with Crippen LogP contribution in [0.2, 0.25) is 20.1 Å². The molecule has 0 radical (unpaired) electrons. The van der Waals surface area contributed by atoms with Gasteiger partial charge in [0.15, 0.2) is 0 Å². The number of carbonyl (C=O) groups excluding carboxylic acids is 1. The Morgan fingerprint density at radius 2 is 1.70 bits per heavy atom. The van der Waals surface area contributed by atoms with Gasteiger partial charge >= 0.3 is 6.03 Å². The molecule has 2 amide bonds. The lowest BCUT2D eigenvalue weighted by Gasteiger charge is -2.26. The fourth-order valence-electron chi connectivity index (χ4n) is 2.96. The van der Waals surface area contributed by atoms with Crippen molar-refractivity contribution in [2.45, 2.75) is 12.6 Å². The lowest BCUT2D eigenvalue weighted by molar-refractivity contribution is 0.0772. The minimum Gasteiger partial charge on any atom is -0.491 e. The number of para-hydroxylation sites is 1. The molecule has 0 aliphatic heterocycles. The third-order valence-electron chi connectivity index (χ3n) is 4.46. The van der Waals surface area contributed by atoms with Crippen LogP contribution in [0.3, 0.4) is 0 Å². The molecule has 2 N–H and O–H groups in total. The molecular weight excluding hydrogens is 513 g/mol. The average molecular weight is 532 g/mol. The van der Waals surface area contributed by atoms with E-state index in [0.29, 0.717) is 26.3 Å². The van der Waals surface area contributed by atoms with Crippen LogP contribution in [0.1, 0.15) is 5.56 Å². The van der Waals surface area contributed by atoms with E-state index >= 15 is 0 Å². The van der Waals surface area contributed by atoms with Gasteiger partial charge < -0.3 is 20.1 Å². The highest BCUT2D eigenvalue weighted by molar-refractivity contribution is 6.34. The summed E-state index contributed by atoms with van der Waals surface area (Å²) in [6.45, 7) is -0.188. The number of halogens is 5. The van der Waals surface area contributed by atoms with Gasteiger partial charge in [-0.3, -0.25) is 0 Å². The summed E-state index contributed by atoms with van der Waals surface area (Å²) in [6, 6.07) is 15.1. The first-order valence-corrected chi connectivity index (χ1v) is 11.2. The molecule has 33 heavy (non-hydrogen) atoms. The Hall–Kier alpha value is -2.22. The van der Waals surface area contributed by atoms with Crippen molar-refractivity contribution < 1.29 is 19.0 Å². The zero-order chi connectivity index (χ0) is 24.0. The highest BCUT2D eigenvalue weighted by atomic mass is 35.5. The molecule has 0 spiro atoms. The van der Waals surface area contributed by atoms with Crippen molar-refractivity contribution in [3.8, 4) is 5.75 Å². The Kier molecular flexibility index (Phi) is 9.06. The van der Waals surface area contributed by atoms with E-state index in [-0.39, 0.29) is 30.5 Å². The monoisotopic (exact) mass is 530 g/mol. The van der Waals surface area contributed by atoms with Crippen LogP contribution in [-0.4, -0.2) is 35.3 Å². The van der Waals surface area contributed by atoms with Gasteiger partial charge in [0.25, 0.3) is 0 Å². The van der Waals surface area contributed by atoms with E-state index in [1.807, 2.05) is 0 Å². The van der Waals surface area contributed by atoms with E-state index in [0.717, 1.165) is 6.07 Å². The van der Waals surface area contributed by atoms with Gasteiger partial charge in [-0.15, -0.1) is 0 Å². The number of aliphatic hydroxyl groups is 1. The molecule has 0 fully saturated rings. The van der Waals surface area contributed by atoms with E-state index in [2.05, 4.69) is 5.32 Å². The van der Waals surface area contributed by atoms with E-state index < -0.39 is 18.0 Å². The molecule has 0 saturated carbocycles. The first-order valence-electron chi connectivity index (χ1n) is 9.72. The molecule has 1 unspecified atom stereocenters. The normalized spacial score (nSPS) is 11.7. The molecule has 0 aliphatic rings. The van der Waals surface area contributed by atoms with Crippen molar-refractivity contribution in [3.05, 3.63) is 92.1 Å². The van der Waals surface area contributed by atoms with Crippen LogP contribution in [0.4, 0.5) is 14.9 Å². The molecule has 0 heterocycles. The quantitative estimate of drug-likeness (QED) is 0.332. The number of nitrogens with one attached hydrogen (secondary N) is 1. The van der Waals surface area contributed by atoms with E-state index in [1.54, 1.807) is 42.5 Å². The van der Waals surface area contributed by atoms with Crippen LogP contribution in [0, 0.1) is 5.82 Å². The highest BCUT2D eigenvalue weighted by Crippen LogP contribution is 2.24. The Balaban J connectivity index is 1.72. The Bertz CT molecular complexity index is 1110. The number of nitrogens with zero attached hydrogens (tertiary/aromatic N) is 1. The number of aliphatic hydroxyl groups excluding tert-OH is 1. The predicted molar refractivity (Wildman–Crippen MR) is 130 cm³/mol. The summed E-state index contributed by atoms with van der Waals surface area (Å²) >= 11 is 24.0. The maximum absolute atomic E-state index is 13.6. The molecule has 0 aliphatic carbocycles. The van der Waals surface area contributed by atoms with E-state index in [1.165, 1.54) is 17.0 Å². The number of urea groups is 1. The first-order chi connectivity index (χ1) is 15.7. The van der Waals surface area contributed by atoms with Crippen molar-refractivity contribution in [2.24, 2.45) is 0 Å². The second-order valence-electron chi connectivity index (χ2n) is 7.11. The van der Waals surface area contributed by atoms with Crippen LogP contribution in [-0.2, 0) is 6.54 Å². The van der Waals surface area contributed by atoms with Gasteiger partial charge in [0.05, 0.1) is 22.3 Å². The van der Waals surface area contributed by atoms with Crippen LogP contribution in [0.15, 0.2) is 60.7 Å². The molecular formula is C23H19Cl4FN2O3. The Morgan fingerprint density at radius 1 is 1.00 bits per heavy atom. The summed E-state index contributed by atoms with van der Waals surface area (Å²) < 4.78 is 19.0. The Labute approximate surface area is 210 Å². The molecule has 1 atom stereocenters. The number of benzene rings is 3.